The minimum atomic E-state index is 0.377. The van der Waals surface area contributed by atoms with E-state index in [4.69, 9.17) is 4.74 Å². The zero-order valence-electron chi connectivity index (χ0n) is 11.2. The Hall–Kier alpha value is -1.03. The van der Waals surface area contributed by atoms with Gasteiger partial charge >= 0.3 is 0 Å². The van der Waals surface area contributed by atoms with Crippen LogP contribution in [0.15, 0.2) is 12.4 Å². The number of hydrogen-bond donors (Lipinski definition) is 0. The van der Waals surface area contributed by atoms with E-state index in [1.54, 1.807) is 0 Å². The second-order valence-electron chi connectivity index (χ2n) is 5.71. The van der Waals surface area contributed by atoms with E-state index in [2.05, 4.69) is 27.9 Å². The van der Waals surface area contributed by atoms with Crippen LogP contribution in [-0.4, -0.2) is 40.9 Å². The third-order valence-corrected chi connectivity index (χ3v) is 4.24. The highest BCUT2D eigenvalue weighted by Gasteiger charge is 2.20. The lowest BCUT2D eigenvalue weighted by atomic mass is 10.1. The molecule has 0 spiro atoms. The first kappa shape index (κ1) is 12.0. The Morgan fingerprint density at radius 1 is 1.17 bits per heavy atom. The van der Waals surface area contributed by atoms with Crippen LogP contribution in [0.25, 0.3) is 0 Å². The highest BCUT2D eigenvalue weighted by Crippen LogP contribution is 2.30. The molecule has 4 heteroatoms. The quantitative estimate of drug-likeness (QED) is 0.824. The number of ether oxygens (including phenoxy) is 1. The highest BCUT2D eigenvalue weighted by atomic mass is 16.5. The van der Waals surface area contributed by atoms with E-state index in [9.17, 15) is 0 Å². The predicted molar refractivity (Wildman–Crippen MR) is 70.9 cm³/mol. The van der Waals surface area contributed by atoms with E-state index >= 15 is 0 Å². The second kappa shape index (κ2) is 5.31. The summed E-state index contributed by atoms with van der Waals surface area (Å²) in [5, 5.41) is 4.46. The highest BCUT2D eigenvalue weighted by molar-refractivity contribution is 5.13. The summed E-state index contributed by atoms with van der Waals surface area (Å²) < 4.78 is 8.14. The molecule has 2 fully saturated rings. The molecule has 0 aromatic carbocycles. The van der Waals surface area contributed by atoms with Crippen LogP contribution in [0, 0.1) is 0 Å². The zero-order chi connectivity index (χ0) is 12.4. The standard InChI is InChI=1S/C14H23N3O/c1-16-8-6-13(7-9-16)18-14-10-15-17(11-14)12-4-2-3-5-12/h10-13H,2-9H2,1H3. The van der Waals surface area contributed by atoms with Crippen molar-refractivity contribution in [3.63, 3.8) is 0 Å². The molecule has 2 heterocycles. The van der Waals surface area contributed by atoms with Gasteiger partial charge in [0.1, 0.15) is 6.10 Å². The van der Waals surface area contributed by atoms with Gasteiger partial charge in [0.05, 0.1) is 18.4 Å². The molecule has 18 heavy (non-hydrogen) atoms. The smallest absolute Gasteiger partial charge is 0.157 e. The molecular weight excluding hydrogens is 226 g/mol. The molecule has 1 aliphatic carbocycles. The van der Waals surface area contributed by atoms with E-state index < -0.39 is 0 Å². The van der Waals surface area contributed by atoms with Gasteiger partial charge in [-0.05, 0) is 32.7 Å². The number of aromatic nitrogens is 2. The van der Waals surface area contributed by atoms with Crippen molar-refractivity contribution in [2.24, 2.45) is 0 Å². The van der Waals surface area contributed by atoms with Gasteiger partial charge in [0, 0.05) is 13.1 Å². The maximum Gasteiger partial charge on any atom is 0.157 e. The number of hydrogen-bond acceptors (Lipinski definition) is 3. The van der Waals surface area contributed by atoms with Crippen molar-refractivity contribution in [2.75, 3.05) is 20.1 Å². The molecule has 1 aromatic heterocycles. The molecule has 0 unspecified atom stereocenters. The Labute approximate surface area is 109 Å². The molecule has 1 aromatic rings. The topological polar surface area (TPSA) is 30.3 Å². The summed E-state index contributed by atoms with van der Waals surface area (Å²) in [7, 11) is 2.17. The lowest BCUT2D eigenvalue weighted by Gasteiger charge is -2.28. The summed E-state index contributed by atoms with van der Waals surface area (Å²) in [5.41, 5.74) is 0. The van der Waals surface area contributed by atoms with Crippen molar-refractivity contribution in [3.8, 4) is 5.75 Å². The average molecular weight is 249 g/mol. The molecule has 1 aliphatic heterocycles. The van der Waals surface area contributed by atoms with E-state index in [0.29, 0.717) is 12.1 Å². The fourth-order valence-corrected chi connectivity index (χ4v) is 3.05. The summed E-state index contributed by atoms with van der Waals surface area (Å²) in [6.07, 6.45) is 11.8. The first-order chi connectivity index (χ1) is 8.81. The molecule has 4 nitrogen and oxygen atoms in total. The summed E-state index contributed by atoms with van der Waals surface area (Å²) in [5.74, 6) is 0.955. The first-order valence-electron chi connectivity index (χ1n) is 7.20. The number of rotatable bonds is 3. The third-order valence-electron chi connectivity index (χ3n) is 4.24. The number of piperidine rings is 1. The predicted octanol–water partition coefficient (Wildman–Crippen LogP) is 2.47. The van der Waals surface area contributed by atoms with Crippen LogP contribution in [-0.2, 0) is 0 Å². The van der Waals surface area contributed by atoms with Crippen molar-refractivity contribution >= 4 is 0 Å². The average Bonchev–Trinajstić information content (AvgIpc) is 3.02. The summed E-state index contributed by atoms with van der Waals surface area (Å²) in [6, 6.07) is 0.611. The fourth-order valence-electron chi connectivity index (χ4n) is 3.05. The van der Waals surface area contributed by atoms with Crippen molar-refractivity contribution in [3.05, 3.63) is 12.4 Å². The van der Waals surface area contributed by atoms with E-state index in [0.717, 1.165) is 31.7 Å². The van der Waals surface area contributed by atoms with Gasteiger partial charge in [-0.1, -0.05) is 12.8 Å². The Kier molecular flexibility index (Phi) is 3.55. The van der Waals surface area contributed by atoms with Gasteiger partial charge in [0.2, 0.25) is 0 Å². The second-order valence-corrected chi connectivity index (χ2v) is 5.71. The maximum atomic E-state index is 6.03. The van der Waals surface area contributed by atoms with Crippen molar-refractivity contribution in [1.29, 1.82) is 0 Å². The van der Waals surface area contributed by atoms with E-state index in [-0.39, 0.29) is 0 Å². The SMILES string of the molecule is CN1CCC(Oc2cnn(C3CCCC3)c2)CC1. The van der Waals surface area contributed by atoms with Gasteiger partial charge in [0.25, 0.3) is 0 Å². The molecule has 0 N–H and O–H groups in total. The minimum absolute atomic E-state index is 0.377. The molecule has 100 valence electrons. The van der Waals surface area contributed by atoms with Gasteiger partial charge in [-0.2, -0.15) is 5.10 Å². The van der Waals surface area contributed by atoms with Gasteiger partial charge in [-0.25, -0.2) is 0 Å². The van der Waals surface area contributed by atoms with Crippen LogP contribution in [0.4, 0.5) is 0 Å². The van der Waals surface area contributed by atoms with Crippen LogP contribution < -0.4 is 4.74 Å². The van der Waals surface area contributed by atoms with Crippen LogP contribution in [0.3, 0.4) is 0 Å². The molecule has 1 saturated carbocycles. The molecular formula is C14H23N3O. The van der Waals surface area contributed by atoms with Gasteiger partial charge in [-0.15, -0.1) is 0 Å². The fraction of sp³-hybridized carbons (Fsp3) is 0.786. The van der Waals surface area contributed by atoms with Crippen LogP contribution in [0.1, 0.15) is 44.6 Å². The largest absolute Gasteiger partial charge is 0.487 e. The molecule has 0 atom stereocenters. The summed E-state index contributed by atoms with van der Waals surface area (Å²) in [4.78, 5) is 2.36. The van der Waals surface area contributed by atoms with Crippen LogP contribution in [0.2, 0.25) is 0 Å². The van der Waals surface area contributed by atoms with E-state index in [1.807, 2.05) is 6.20 Å². The molecule has 3 rings (SSSR count). The molecule has 0 amide bonds. The van der Waals surface area contributed by atoms with E-state index in [1.165, 1.54) is 25.7 Å². The van der Waals surface area contributed by atoms with Gasteiger partial charge < -0.3 is 9.64 Å². The zero-order valence-corrected chi connectivity index (χ0v) is 11.2. The minimum Gasteiger partial charge on any atom is -0.487 e. The number of likely N-dealkylation sites (tertiary alicyclic amines) is 1. The van der Waals surface area contributed by atoms with Crippen molar-refractivity contribution in [2.45, 2.75) is 50.7 Å². The van der Waals surface area contributed by atoms with Crippen LogP contribution >= 0.6 is 0 Å². The molecule has 2 aliphatic rings. The third kappa shape index (κ3) is 2.69. The lowest BCUT2D eigenvalue weighted by Crippen LogP contribution is -2.35. The Balaban J connectivity index is 1.56. The first-order valence-corrected chi connectivity index (χ1v) is 7.20. The molecule has 1 saturated heterocycles. The monoisotopic (exact) mass is 249 g/mol. The summed E-state index contributed by atoms with van der Waals surface area (Å²) >= 11 is 0. The normalized spacial score (nSPS) is 23.6. The Morgan fingerprint density at radius 2 is 1.89 bits per heavy atom. The van der Waals surface area contributed by atoms with Gasteiger partial charge in [-0.3, -0.25) is 4.68 Å². The number of nitrogens with zero attached hydrogens (tertiary/aromatic N) is 3. The lowest BCUT2D eigenvalue weighted by molar-refractivity contribution is 0.114. The molecule has 0 radical (unpaired) electrons. The van der Waals surface area contributed by atoms with Crippen LogP contribution in [0.5, 0.6) is 5.75 Å². The van der Waals surface area contributed by atoms with Gasteiger partial charge in [0.15, 0.2) is 5.75 Å². The maximum absolute atomic E-state index is 6.03. The Morgan fingerprint density at radius 3 is 2.61 bits per heavy atom. The van der Waals surface area contributed by atoms with Crippen molar-refractivity contribution < 1.29 is 4.74 Å². The van der Waals surface area contributed by atoms with Crippen molar-refractivity contribution in [1.82, 2.24) is 14.7 Å². The Bertz CT molecular complexity index is 376. The molecule has 0 bridgehead atoms. The summed E-state index contributed by atoms with van der Waals surface area (Å²) in [6.45, 7) is 2.28.